The Morgan fingerprint density at radius 3 is 2.57 bits per heavy atom. The minimum atomic E-state index is -0.937. The van der Waals surface area contributed by atoms with Crippen molar-refractivity contribution in [1.82, 2.24) is 9.88 Å². The molecule has 3 aromatic rings. The van der Waals surface area contributed by atoms with Crippen LogP contribution < -0.4 is 14.8 Å². The van der Waals surface area contributed by atoms with Gasteiger partial charge in [0.2, 0.25) is 0 Å². The first-order valence-corrected chi connectivity index (χ1v) is 10.3. The Labute approximate surface area is 184 Å². The molecule has 0 fully saturated rings. The van der Waals surface area contributed by atoms with E-state index in [0.717, 1.165) is 21.5 Å². The Morgan fingerprint density at radius 2 is 1.90 bits per heavy atom. The number of amides is 1. The summed E-state index contributed by atoms with van der Waals surface area (Å²) in [4.78, 5) is 12.8. The number of carbonyl (C=O) groups excluding carboxylic acids is 1. The molecule has 6 nitrogen and oxygen atoms in total. The maximum Gasteiger partial charge on any atom is 0.253 e. The van der Waals surface area contributed by atoms with Crippen molar-refractivity contribution >= 4 is 21.8 Å². The van der Waals surface area contributed by atoms with Gasteiger partial charge < -0.3 is 24.5 Å². The van der Waals surface area contributed by atoms with E-state index < -0.39 is 6.10 Å². The van der Waals surface area contributed by atoms with Crippen LogP contribution in [0.5, 0.6) is 11.5 Å². The Kier molecular flexibility index (Phi) is 6.84. The number of carbonyl (C=O) groups is 1. The van der Waals surface area contributed by atoms with Crippen molar-refractivity contribution in [1.29, 1.82) is 0 Å². The van der Waals surface area contributed by atoms with Gasteiger partial charge in [0.05, 0.1) is 19.8 Å². The van der Waals surface area contributed by atoms with E-state index in [2.05, 4.69) is 21.2 Å². The van der Waals surface area contributed by atoms with Gasteiger partial charge in [-0.3, -0.25) is 4.79 Å². The normalized spacial score (nSPS) is 11.8. The van der Waals surface area contributed by atoms with E-state index in [-0.39, 0.29) is 12.5 Å². The zero-order chi connectivity index (χ0) is 21.8. The fraction of sp³-hybridized carbons (Fsp3) is 0.261. The van der Waals surface area contributed by atoms with Gasteiger partial charge in [-0.2, -0.15) is 0 Å². The van der Waals surface area contributed by atoms with Crippen LogP contribution in [-0.2, 0) is 0 Å². The monoisotopic (exact) mass is 472 g/mol. The van der Waals surface area contributed by atoms with E-state index in [9.17, 15) is 9.90 Å². The second-order valence-corrected chi connectivity index (χ2v) is 7.85. The summed E-state index contributed by atoms with van der Waals surface area (Å²) < 4.78 is 13.5. The first-order chi connectivity index (χ1) is 14.3. The molecule has 2 aromatic carbocycles. The predicted octanol–water partition coefficient (Wildman–Crippen LogP) is 4.34. The molecule has 2 N–H and O–H groups in total. The summed E-state index contributed by atoms with van der Waals surface area (Å²) in [5.41, 5.74) is 3.87. The van der Waals surface area contributed by atoms with E-state index in [1.54, 1.807) is 25.3 Å². The lowest BCUT2D eigenvalue weighted by Gasteiger charge is -2.16. The lowest BCUT2D eigenvalue weighted by Crippen LogP contribution is -2.29. The van der Waals surface area contributed by atoms with Crippen LogP contribution in [0.2, 0.25) is 0 Å². The van der Waals surface area contributed by atoms with Gasteiger partial charge in [-0.25, -0.2) is 0 Å². The molecule has 1 atom stereocenters. The Morgan fingerprint density at radius 1 is 1.13 bits per heavy atom. The first kappa shape index (κ1) is 21.9. The average Bonchev–Trinajstić information content (AvgIpc) is 3.05. The molecule has 0 aliphatic rings. The SMILES string of the molecule is COc1ccc(OC)c(C(O)CNC(=O)c2cc(C)n(-c3cccc(Br)c3)c2C)c1. The molecule has 7 heteroatoms. The molecule has 3 rings (SSSR count). The topological polar surface area (TPSA) is 72.7 Å². The summed E-state index contributed by atoms with van der Waals surface area (Å²) in [5.74, 6) is 0.893. The van der Waals surface area contributed by atoms with Gasteiger partial charge in [-0.1, -0.05) is 22.0 Å². The summed E-state index contributed by atoms with van der Waals surface area (Å²) in [7, 11) is 3.09. The minimum Gasteiger partial charge on any atom is -0.497 e. The first-order valence-electron chi connectivity index (χ1n) is 9.48. The Hall–Kier alpha value is -2.77. The molecule has 0 spiro atoms. The van der Waals surface area contributed by atoms with Crippen LogP contribution in [0.15, 0.2) is 53.0 Å². The van der Waals surface area contributed by atoms with Crippen LogP contribution in [0.4, 0.5) is 0 Å². The van der Waals surface area contributed by atoms with Crippen molar-refractivity contribution in [2.45, 2.75) is 20.0 Å². The molecule has 1 unspecified atom stereocenters. The largest absolute Gasteiger partial charge is 0.497 e. The quantitative estimate of drug-likeness (QED) is 0.536. The maximum atomic E-state index is 12.8. The minimum absolute atomic E-state index is 0.0446. The zero-order valence-corrected chi connectivity index (χ0v) is 19.0. The molecule has 158 valence electrons. The van der Waals surface area contributed by atoms with Crippen LogP contribution >= 0.6 is 15.9 Å². The van der Waals surface area contributed by atoms with E-state index in [1.807, 2.05) is 48.7 Å². The van der Waals surface area contributed by atoms with Gasteiger partial charge in [0.1, 0.15) is 17.6 Å². The number of nitrogens with one attached hydrogen (secondary N) is 1. The van der Waals surface area contributed by atoms with Crippen LogP contribution in [0.25, 0.3) is 5.69 Å². The fourth-order valence-electron chi connectivity index (χ4n) is 3.50. The highest BCUT2D eigenvalue weighted by Crippen LogP contribution is 2.29. The number of aliphatic hydroxyl groups is 1. The summed E-state index contributed by atoms with van der Waals surface area (Å²) in [5, 5.41) is 13.4. The molecule has 0 saturated carbocycles. The molecule has 30 heavy (non-hydrogen) atoms. The number of aryl methyl sites for hydroxylation is 1. The van der Waals surface area contributed by atoms with Crippen LogP contribution in [0.3, 0.4) is 0 Å². The number of ether oxygens (including phenoxy) is 2. The number of aliphatic hydroxyl groups excluding tert-OH is 1. The average molecular weight is 473 g/mol. The molecule has 1 amide bonds. The predicted molar refractivity (Wildman–Crippen MR) is 120 cm³/mol. The Balaban J connectivity index is 1.78. The third-order valence-corrected chi connectivity index (χ3v) is 5.49. The number of methoxy groups -OCH3 is 2. The van der Waals surface area contributed by atoms with Crippen molar-refractivity contribution < 1.29 is 19.4 Å². The molecular formula is C23H25BrN2O4. The highest BCUT2D eigenvalue weighted by atomic mass is 79.9. The van der Waals surface area contributed by atoms with Crippen LogP contribution in [0.1, 0.15) is 33.4 Å². The van der Waals surface area contributed by atoms with Crippen LogP contribution in [-0.4, -0.2) is 36.3 Å². The molecule has 1 heterocycles. The summed E-state index contributed by atoms with van der Waals surface area (Å²) in [6.07, 6.45) is -0.937. The lowest BCUT2D eigenvalue weighted by atomic mass is 10.1. The molecule has 0 aliphatic heterocycles. The van der Waals surface area contributed by atoms with Crippen molar-refractivity contribution in [2.24, 2.45) is 0 Å². The maximum absolute atomic E-state index is 12.8. The third-order valence-electron chi connectivity index (χ3n) is 4.99. The van der Waals surface area contributed by atoms with E-state index in [0.29, 0.717) is 22.6 Å². The smallest absolute Gasteiger partial charge is 0.253 e. The van der Waals surface area contributed by atoms with Gasteiger partial charge >= 0.3 is 0 Å². The Bertz CT molecular complexity index is 1060. The van der Waals surface area contributed by atoms with Crippen molar-refractivity contribution in [3.63, 3.8) is 0 Å². The van der Waals surface area contributed by atoms with Gasteiger partial charge in [0, 0.05) is 33.7 Å². The fourth-order valence-corrected chi connectivity index (χ4v) is 3.89. The highest BCUT2D eigenvalue weighted by molar-refractivity contribution is 9.10. The van der Waals surface area contributed by atoms with E-state index >= 15 is 0 Å². The van der Waals surface area contributed by atoms with Crippen LogP contribution in [0, 0.1) is 13.8 Å². The van der Waals surface area contributed by atoms with Crippen molar-refractivity contribution in [2.75, 3.05) is 20.8 Å². The zero-order valence-electron chi connectivity index (χ0n) is 17.4. The number of nitrogens with zero attached hydrogens (tertiary/aromatic N) is 1. The third kappa shape index (κ3) is 4.52. The molecule has 0 aliphatic carbocycles. The summed E-state index contributed by atoms with van der Waals surface area (Å²) >= 11 is 3.49. The van der Waals surface area contributed by atoms with E-state index in [1.165, 1.54) is 7.11 Å². The van der Waals surface area contributed by atoms with Crippen molar-refractivity contribution in [3.05, 3.63) is 75.5 Å². The number of halogens is 1. The van der Waals surface area contributed by atoms with Gasteiger partial charge in [0.15, 0.2) is 0 Å². The second kappa shape index (κ2) is 9.36. The molecule has 0 saturated heterocycles. The summed E-state index contributed by atoms with van der Waals surface area (Å²) in [6.45, 7) is 3.91. The lowest BCUT2D eigenvalue weighted by molar-refractivity contribution is 0.0914. The molecular weight excluding hydrogens is 448 g/mol. The van der Waals surface area contributed by atoms with Gasteiger partial charge in [-0.15, -0.1) is 0 Å². The molecule has 0 radical (unpaired) electrons. The standard InChI is InChI=1S/C23H25BrN2O4/c1-14-10-19(15(2)26(14)17-7-5-6-16(24)11-17)23(28)25-13-21(27)20-12-18(29-3)8-9-22(20)30-4/h5-12,21,27H,13H2,1-4H3,(H,25,28). The number of aromatic nitrogens is 1. The van der Waals surface area contributed by atoms with Gasteiger partial charge in [-0.05, 0) is 56.3 Å². The van der Waals surface area contributed by atoms with Gasteiger partial charge in [0.25, 0.3) is 5.91 Å². The number of hydrogen-bond donors (Lipinski definition) is 2. The number of rotatable bonds is 7. The second-order valence-electron chi connectivity index (χ2n) is 6.93. The number of hydrogen-bond acceptors (Lipinski definition) is 4. The molecule has 1 aromatic heterocycles. The van der Waals surface area contributed by atoms with E-state index in [4.69, 9.17) is 9.47 Å². The molecule has 0 bridgehead atoms. The summed E-state index contributed by atoms with van der Waals surface area (Å²) in [6, 6.07) is 14.9. The highest BCUT2D eigenvalue weighted by Gasteiger charge is 2.20. The van der Waals surface area contributed by atoms with Crippen molar-refractivity contribution in [3.8, 4) is 17.2 Å². The number of benzene rings is 2.